The summed E-state index contributed by atoms with van der Waals surface area (Å²) in [5.41, 5.74) is 8.13. The molecule has 4 N–H and O–H groups in total. The fourth-order valence-corrected chi connectivity index (χ4v) is 5.38. The summed E-state index contributed by atoms with van der Waals surface area (Å²) in [7, 11) is 1.50. The lowest BCUT2D eigenvalue weighted by Crippen LogP contribution is -2.23. The topological polar surface area (TPSA) is 88.8 Å². The van der Waals surface area contributed by atoms with E-state index < -0.39 is 5.82 Å². The Bertz CT molecular complexity index is 1350. The van der Waals surface area contributed by atoms with Gasteiger partial charge in [0.1, 0.15) is 0 Å². The van der Waals surface area contributed by atoms with Crippen LogP contribution in [-0.2, 0) is 6.42 Å². The molecule has 194 valence electrons. The summed E-state index contributed by atoms with van der Waals surface area (Å²) in [6, 6.07) is 13.4. The Hall–Kier alpha value is -2.94. The highest BCUT2D eigenvalue weighted by Gasteiger charge is 2.16. The van der Waals surface area contributed by atoms with Crippen molar-refractivity contribution in [1.29, 1.82) is 0 Å². The van der Waals surface area contributed by atoms with E-state index in [1.54, 1.807) is 12.3 Å². The highest BCUT2D eigenvalue weighted by atomic mass is 35.5. The first-order chi connectivity index (χ1) is 18.1. The molecule has 2 heterocycles. The van der Waals surface area contributed by atoms with Gasteiger partial charge in [0.2, 0.25) is 5.95 Å². The van der Waals surface area contributed by atoms with E-state index in [1.807, 2.05) is 30.5 Å². The van der Waals surface area contributed by atoms with Gasteiger partial charge in [-0.1, -0.05) is 49.9 Å². The molecule has 0 amide bonds. The number of fused-ring (bicyclic) bond motifs is 1. The van der Waals surface area contributed by atoms with Crippen LogP contribution in [0.4, 0.5) is 16.2 Å². The van der Waals surface area contributed by atoms with Crippen LogP contribution in [0.2, 0.25) is 5.02 Å². The van der Waals surface area contributed by atoms with Crippen LogP contribution in [0.15, 0.2) is 59.8 Å². The number of benzene rings is 2. The fraction of sp³-hybridized carbons (Fsp3) is 0.321. The van der Waals surface area contributed by atoms with Gasteiger partial charge < -0.3 is 15.8 Å². The zero-order valence-corrected chi connectivity index (χ0v) is 22.7. The molecule has 6 nitrogen and oxygen atoms in total. The number of nitrogens with two attached hydrogens (primary N) is 1. The zero-order chi connectivity index (χ0) is 26.2. The van der Waals surface area contributed by atoms with Gasteiger partial charge in [0.25, 0.3) is 0 Å². The monoisotopic (exact) mass is 538 g/mol. The number of hydrogen-bond donors (Lipinski definition) is 3. The number of hydrogen-bond acceptors (Lipinski definition) is 7. The first kappa shape index (κ1) is 27.1. The van der Waals surface area contributed by atoms with E-state index in [4.69, 9.17) is 16.6 Å². The van der Waals surface area contributed by atoms with E-state index in [0.717, 1.165) is 33.3 Å². The van der Waals surface area contributed by atoms with Crippen molar-refractivity contribution in [3.63, 3.8) is 0 Å². The minimum absolute atomic E-state index is 0.164. The first-order valence-corrected chi connectivity index (χ1v) is 13.8. The Morgan fingerprint density at radius 1 is 1.03 bits per heavy atom. The number of pyridine rings is 1. The predicted molar refractivity (Wildman–Crippen MR) is 154 cm³/mol. The SMILES string of the molecule is CCc1cc(-c2cnc(NSc3ccccc3Cl)c(F)c2)cc2cnc(NC3CCCCC3)nc12.CN. The summed E-state index contributed by atoms with van der Waals surface area (Å²) in [5, 5.41) is 5.05. The Labute approximate surface area is 226 Å². The molecule has 1 aliphatic carbocycles. The van der Waals surface area contributed by atoms with Crippen molar-refractivity contribution in [1.82, 2.24) is 15.0 Å². The molecular formula is C28H32ClFN6S. The molecule has 0 aliphatic heterocycles. The third-order valence-corrected chi connectivity index (χ3v) is 7.66. The average molecular weight is 539 g/mol. The predicted octanol–water partition coefficient (Wildman–Crippen LogP) is 7.49. The smallest absolute Gasteiger partial charge is 0.223 e. The lowest BCUT2D eigenvalue weighted by atomic mass is 9.96. The minimum Gasteiger partial charge on any atom is -0.351 e. The highest BCUT2D eigenvalue weighted by Crippen LogP contribution is 2.32. The summed E-state index contributed by atoms with van der Waals surface area (Å²) < 4.78 is 17.9. The molecule has 0 spiro atoms. The van der Waals surface area contributed by atoms with Gasteiger partial charge in [0.05, 0.1) is 10.5 Å². The third kappa shape index (κ3) is 6.69. The van der Waals surface area contributed by atoms with Crippen LogP contribution in [0.3, 0.4) is 0 Å². The van der Waals surface area contributed by atoms with Crippen LogP contribution >= 0.6 is 23.5 Å². The number of anilines is 2. The minimum atomic E-state index is -0.427. The van der Waals surface area contributed by atoms with E-state index in [-0.39, 0.29) is 5.82 Å². The fourth-order valence-electron chi connectivity index (χ4n) is 4.46. The van der Waals surface area contributed by atoms with Crippen molar-refractivity contribution in [2.24, 2.45) is 5.73 Å². The number of rotatable bonds is 7. The number of aromatic nitrogens is 3. The van der Waals surface area contributed by atoms with E-state index >= 15 is 0 Å². The number of aryl methyl sites for hydroxylation is 1. The summed E-state index contributed by atoms with van der Waals surface area (Å²) in [6.07, 6.45) is 10.5. The van der Waals surface area contributed by atoms with Crippen molar-refractivity contribution < 1.29 is 4.39 Å². The molecule has 2 aromatic carbocycles. The van der Waals surface area contributed by atoms with Crippen LogP contribution < -0.4 is 15.8 Å². The van der Waals surface area contributed by atoms with Gasteiger partial charge in [-0.25, -0.2) is 19.3 Å². The molecule has 37 heavy (non-hydrogen) atoms. The van der Waals surface area contributed by atoms with Crippen molar-refractivity contribution in [2.75, 3.05) is 17.1 Å². The number of halogens is 2. The molecule has 1 saturated carbocycles. The van der Waals surface area contributed by atoms with Gasteiger partial charge in [-0.3, -0.25) is 0 Å². The third-order valence-electron chi connectivity index (χ3n) is 6.35. The van der Waals surface area contributed by atoms with Crippen LogP contribution in [0.25, 0.3) is 22.0 Å². The van der Waals surface area contributed by atoms with Crippen molar-refractivity contribution in [2.45, 2.75) is 56.4 Å². The molecule has 0 radical (unpaired) electrons. The number of nitrogens with zero attached hydrogens (tertiary/aromatic N) is 3. The van der Waals surface area contributed by atoms with Crippen molar-refractivity contribution in [3.05, 3.63) is 71.3 Å². The van der Waals surface area contributed by atoms with Gasteiger partial charge in [-0.2, -0.15) is 0 Å². The molecule has 0 bridgehead atoms. The average Bonchev–Trinajstić information content (AvgIpc) is 2.94. The molecule has 9 heteroatoms. The first-order valence-electron chi connectivity index (χ1n) is 12.6. The quantitative estimate of drug-likeness (QED) is 0.210. The molecule has 2 aromatic heterocycles. The molecule has 0 atom stereocenters. The second kappa shape index (κ2) is 13.0. The van der Waals surface area contributed by atoms with Gasteiger partial charge in [-0.15, -0.1) is 0 Å². The van der Waals surface area contributed by atoms with E-state index in [0.29, 0.717) is 22.6 Å². The summed E-state index contributed by atoms with van der Waals surface area (Å²) in [6.45, 7) is 2.10. The van der Waals surface area contributed by atoms with Gasteiger partial charge >= 0.3 is 0 Å². The van der Waals surface area contributed by atoms with Crippen LogP contribution in [0, 0.1) is 5.82 Å². The van der Waals surface area contributed by atoms with Crippen LogP contribution in [0.5, 0.6) is 0 Å². The lowest BCUT2D eigenvalue weighted by Gasteiger charge is -2.22. The standard InChI is InChI=1S/C27H27ClFN5S.CH5N/c1-2-17-12-18(13-20-16-31-27(33-25(17)20)32-21-8-4-3-5-9-21)19-14-23(29)26(30-15-19)34-35-24-11-7-6-10-22(24)28;1-2/h6-7,10-16,21H,2-5,8-9H2,1H3,(H,30,34)(H,31,32,33);2H2,1H3. The maximum atomic E-state index is 14.9. The van der Waals surface area contributed by atoms with Gasteiger partial charge in [0.15, 0.2) is 11.6 Å². The maximum absolute atomic E-state index is 14.9. The second-order valence-corrected chi connectivity index (χ2v) is 10.0. The zero-order valence-electron chi connectivity index (χ0n) is 21.1. The summed E-state index contributed by atoms with van der Waals surface area (Å²) in [5.74, 6) is 0.423. The van der Waals surface area contributed by atoms with Crippen molar-refractivity contribution in [3.8, 4) is 11.1 Å². The van der Waals surface area contributed by atoms with E-state index in [2.05, 4.69) is 38.7 Å². The van der Waals surface area contributed by atoms with E-state index in [9.17, 15) is 4.39 Å². The van der Waals surface area contributed by atoms with E-state index in [1.165, 1.54) is 57.2 Å². The number of nitrogens with one attached hydrogen (secondary N) is 2. The van der Waals surface area contributed by atoms with Gasteiger partial charge in [-0.05, 0) is 79.7 Å². The largest absolute Gasteiger partial charge is 0.351 e. The van der Waals surface area contributed by atoms with Gasteiger partial charge in [0, 0.05) is 34.3 Å². The maximum Gasteiger partial charge on any atom is 0.223 e. The second-order valence-electron chi connectivity index (χ2n) is 8.79. The molecule has 0 saturated heterocycles. The normalized spacial score (nSPS) is 13.6. The highest BCUT2D eigenvalue weighted by molar-refractivity contribution is 8.00. The lowest BCUT2D eigenvalue weighted by molar-refractivity contribution is 0.461. The molecule has 1 aliphatic rings. The van der Waals surface area contributed by atoms with Crippen molar-refractivity contribution >= 4 is 46.2 Å². The summed E-state index contributed by atoms with van der Waals surface area (Å²) >= 11 is 7.41. The molecule has 5 rings (SSSR count). The molecule has 0 unspecified atom stereocenters. The molecule has 4 aromatic rings. The summed E-state index contributed by atoms with van der Waals surface area (Å²) in [4.78, 5) is 14.5. The molecular weight excluding hydrogens is 507 g/mol. The Morgan fingerprint density at radius 3 is 2.54 bits per heavy atom. The Kier molecular flexibility index (Phi) is 9.55. The van der Waals surface area contributed by atoms with Crippen LogP contribution in [0.1, 0.15) is 44.6 Å². The molecule has 1 fully saturated rings. The van der Waals surface area contributed by atoms with Crippen LogP contribution in [-0.4, -0.2) is 28.0 Å². The Morgan fingerprint density at radius 2 is 1.81 bits per heavy atom. The Balaban J connectivity index is 0.00000156.